The van der Waals surface area contributed by atoms with Gasteiger partial charge in [-0.25, -0.2) is 0 Å². The zero-order valence-electron chi connectivity index (χ0n) is 7.30. The fraction of sp³-hybridized carbons (Fsp3) is 0.800. The molecule has 58 valence electrons. The first-order chi connectivity index (χ1) is 4.66. The van der Waals surface area contributed by atoms with Gasteiger partial charge in [0.1, 0.15) is 0 Å². The minimum atomic E-state index is 0.721. The van der Waals surface area contributed by atoms with E-state index in [4.69, 9.17) is 0 Å². The third kappa shape index (κ3) is 1.12. The molecule has 0 aromatic heterocycles. The monoisotopic (exact) mass is 138 g/mol. The summed E-state index contributed by atoms with van der Waals surface area (Å²) in [7, 11) is 0. The van der Waals surface area contributed by atoms with E-state index < -0.39 is 0 Å². The molecule has 0 heterocycles. The van der Waals surface area contributed by atoms with Crippen LogP contribution in [0.3, 0.4) is 0 Å². The highest BCUT2D eigenvalue weighted by molar-refractivity contribution is 4.93. The van der Waals surface area contributed by atoms with Crippen LogP contribution in [0.1, 0.15) is 27.2 Å². The van der Waals surface area contributed by atoms with E-state index in [0.29, 0.717) is 0 Å². The topological polar surface area (TPSA) is 0 Å². The van der Waals surface area contributed by atoms with Crippen molar-refractivity contribution in [2.45, 2.75) is 27.2 Å². The molecule has 0 radical (unpaired) electrons. The molecule has 1 saturated carbocycles. The number of rotatable bonds is 2. The lowest BCUT2D eigenvalue weighted by Gasteiger charge is -2.44. The van der Waals surface area contributed by atoms with Crippen LogP contribution in [0.25, 0.3) is 0 Å². The molecule has 0 heteroatoms. The summed E-state index contributed by atoms with van der Waals surface area (Å²) in [5, 5.41) is 0. The summed E-state index contributed by atoms with van der Waals surface area (Å²) in [6, 6.07) is 0. The number of hydrogen-bond donors (Lipinski definition) is 0. The van der Waals surface area contributed by atoms with Gasteiger partial charge in [-0.2, -0.15) is 0 Å². The average Bonchev–Trinajstić information content (AvgIpc) is 1.87. The molecule has 1 aliphatic carbocycles. The molecule has 3 unspecified atom stereocenters. The summed E-state index contributed by atoms with van der Waals surface area (Å²) >= 11 is 0. The van der Waals surface area contributed by atoms with Gasteiger partial charge in [-0.15, -0.1) is 6.58 Å². The van der Waals surface area contributed by atoms with Crippen molar-refractivity contribution in [3.8, 4) is 0 Å². The Morgan fingerprint density at radius 2 is 1.90 bits per heavy atom. The third-order valence-corrected chi connectivity index (χ3v) is 3.04. The first-order valence-corrected chi connectivity index (χ1v) is 4.29. The Morgan fingerprint density at radius 1 is 1.40 bits per heavy atom. The van der Waals surface area contributed by atoms with Gasteiger partial charge < -0.3 is 0 Å². The van der Waals surface area contributed by atoms with Gasteiger partial charge in [-0.1, -0.05) is 26.8 Å². The summed E-state index contributed by atoms with van der Waals surface area (Å²) in [6.07, 6.45) is 3.51. The smallest absolute Gasteiger partial charge is 0.0231 e. The van der Waals surface area contributed by atoms with Gasteiger partial charge in [-0.3, -0.25) is 0 Å². The molecule has 0 saturated heterocycles. The van der Waals surface area contributed by atoms with Crippen LogP contribution in [0, 0.1) is 23.7 Å². The summed E-state index contributed by atoms with van der Waals surface area (Å²) < 4.78 is 0. The van der Waals surface area contributed by atoms with Crippen molar-refractivity contribution in [3.63, 3.8) is 0 Å². The highest BCUT2D eigenvalue weighted by Gasteiger charge is 2.36. The van der Waals surface area contributed by atoms with Gasteiger partial charge in [0, 0.05) is 0 Å². The quantitative estimate of drug-likeness (QED) is 0.514. The molecule has 3 atom stereocenters. The van der Waals surface area contributed by atoms with E-state index in [-0.39, 0.29) is 0 Å². The van der Waals surface area contributed by atoms with E-state index in [1.54, 1.807) is 0 Å². The predicted octanol–water partition coefficient (Wildman–Crippen LogP) is 3.10. The SMILES string of the molecule is C=CC(C)C1C(C)CC1C. The zero-order chi connectivity index (χ0) is 7.72. The van der Waals surface area contributed by atoms with Gasteiger partial charge >= 0.3 is 0 Å². The maximum Gasteiger partial charge on any atom is -0.0231 e. The largest absolute Gasteiger partial charge is 0.103 e. The van der Waals surface area contributed by atoms with Crippen LogP contribution in [0.4, 0.5) is 0 Å². The molecular weight excluding hydrogens is 120 g/mol. The Hall–Kier alpha value is -0.260. The van der Waals surface area contributed by atoms with Gasteiger partial charge in [0.2, 0.25) is 0 Å². The maximum atomic E-state index is 3.83. The molecule has 0 aliphatic heterocycles. The van der Waals surface area contributed by atoms with Crippen molar-refractivity contribution in [2.24, 2.45) is 23.7 Å². The van der Waals surface area contributed by atoms with Crippen LogP contribution in [0.15, 0.2) is 12.7 Å². The molecule has 0 nitrogen and oxygen atoms in total. The van der Waals surface area contributed by atoms with E-state index >= 15 is 0 Å². The molecular formula is C10H18. The molecule has 0 N–H and O–H groups in total. The maximum absolute atomic E-state index is 3.83. The molecule has 0 amide bonds. The van der Waals surface area contributed by atoms with Gasteiger partial charge in [-0.05, 0) is 30.1 Å². The second-order valence-electron chi connectivity index (χ2n) is 3.86. The van der Waals surface area contributed by atoms with Crippen molar-refractivity contribution < 1.29 is 0 Å². The minimum Gasteiger partial charge on any atom is -0.103 e. The molecule has 0 spiro atoms. The highest BCUT2D eigenvalue weighted by atomic mass is 14.4. The summed E-state index contributed by atoms with van der Waals surface area (Å²) in [4.78, 5) is 0. The summed E-state index contributed by atoms with van der Waals surface area (Å²) in [5.74, 6) is 3.50. The lowest BCUT2D eigenvalue weighted by atomic mass is 9.61. The van der Waals surface area contributed by atoms with Crippen molar-refractivity contribution in [1.82, 2.24) is 0 Å². The second-order valence-corrected chi connectivity index (χ2v) is 3.86. The van der Waals surface area contributed by atoms with Gasteiger partial charge in [0.05, 0.1) is 0 Å². The molecule has 1 fully saturated rings. The van der Waals surface area contributed by atoms with Crippen molar-refractivity contribution in [3.05, 3.63) is 12.7 Å². The molecule has 0 aromatic carbocycles. The first kappa shape index (κ1) is 7.84. The van der Waals surface area contributed by atoms with Crippen molar-refractivity contribution in [2.75, 3.05) is 0 Å². The second kappa shape index (κ2) is 2.77. The first-order valence-electron chi connectivity index (χ1n) is 4.29. The van der Waals surface area contributed by atoms with Crippen molar-refractivity contribution in [1.29, 1.82) is 0 Å². The minimum absolute atomic E-state index is 0.721. The fourth-order valence-corrected chi connectivity index (χ4v) is 2.46. The average molecular weight is 138 g/mol. The van der Waals surface area contributed by atoms with Crippen LogP contribution >= 0.6 is 0 Å². The van der Waals surface area contributed by atoms with Crippen LogP contribution < -0.4 is 0 Å². The Balaban J connectivity index is 2.46. The fourth-order valence-electron chi connectivity index (χ4n) is 2.46. The molecule has 1 aliphatic rings. The molecule has 1 rings (SSSR count). The van der Waals surface area contributed by atoms with Crippen LogP contribution in [-0.2, 0) is 0 Å². The molecule has 10 heavy (non-hydrogen) atoms. The van der Waals surface area contributed by atoms with E-state index in [9.17, 15) is 0 Å². The Bertz CT molecular complexity index is 118. The predicted molar refractivity (Wildman–Crippen MR) is 45.8 cm³/mol. The van der Waals surface area contributed by atoms with E-state index in [0.717, 1.165) is 23.7 Å². The van der Waals surface area contributed by atoms with E-state index in [1.807, 2.05) is 0 Å². The number of allylic oxidation sites excluding steroid dienone is 1. The lowest BCUT2D eigenvalue weighted by Crippen LogP contribution is -2.36. The highest BCUT2D eigenvalue weighted by Crippen LogP contribution is 2.44. The Morgan fingerprint density at radius 3 is 2.10 bits per heavy atom. The number of hydrogen-bond acceptors (Lipinski definition) is 0. The summed E-state index contributed by atoms with van der Waals surface area (Å²) in [5.41, 5.74) is 0. The molecule has 0 bridgehead atoms. The van der Waals surface area contributed by atoms with Crippen LogP contribution in [0.2, 0.25) is 0 Å². The van der Waals surface area contributed by atoms with E-state index in [1.165, 1.54) is 6.42 Å². The van der Waals surface area contributed by atoms with Crippen molar-refractivity contribution >= 4 is 0 Å². The normalized spacial score (nSPS) is 42.1. The van der Waals surface area contributed by atoms with Crippen LogP contribution in [-0.4, -0.2) is 0 Å². The van der Waals surface area contributed by atoms with Crippen LogP contribution in [0.5, 0.6) is 0 Å². The van der Waals surface area contributed by atoms with Gasteiger partial charge in [0.15, 0.2) is 0 Å². The lowest BCUT2D eigenvalue weighted by molar-refractivity contribution is 0.0679. The van der Waals surface area contributed by atoms with Gasteiger partial charge in [0.25, 0.3) is 0 Å². The summed E-state index contributed by atoms with van der Waals surface area (Å²) in [6.45, 7) is 10.8. The van der Waals surface area contributed by atoms with E-state index in [2.05, 4.69) is 33.4 Å². The Kier molecular flexibility index (Phi) is 2.18. The standard InChI is InChI=1S/C10H18/c1-5-7(2)10-8(3)6-9(10)4/h5,7-10H,1,6H2,2-4H3. The Labute approximate surface area is 64.3 Å². The third-order valence-electron chi connectivity index (χ3n) is 3.04. The molecule has 0 aromatic rings. The zero-order valence-corrected chi connectivity index (χ0v) is 7.30.